The Morgan fingerprint density at radius 3 is 3.20 bits per heavy atom. The largest absolute Gasteiger partial charge is 0.349 e. The van der Waals surface area contributed by atoms with Gasteiger partial charge in [0, 0.05) is 5.69 Å². The lowest BCUT2D eigenvalue weighted by Crippen LogP contribution is -2.40. The van der Waals surface area contributed by atoms with Crippen LogP contribution < -0.4 is 10.6 Å². The average molecular weight is 208 g/mol. The summed E-state index contributed by atoms with van der Waals surface area (Å²) in [4.78, 5) is 18.7. The summed E-state index contributed by atoms with van der Waals surface area (Å²) in [5.74, 6) is 0.0786. The summed E-state index contributed by atoms with van der Waals surface area (Å²) in [6.45, 7) is 3.40. The second-order valence-electron chi connectivity index (χ2n) is 3.84. The maximum Gasteiger partial charge on any atom is 0.237 e. The molecule has 1 aromatic heterocycles. The van der Waals surface area contributed by atoms with Gasteiger partial charge in [0.2, 0.25) is 5.91 Å². The minimum atomic E-state index is -0.00996. The van der Waals surface area contributed by atoms with E-state index in [1.54, 1.807) is 6.33 Å². The van der Waals surface area contributed by atoms with E-state index in [1.165, 1.54) is 0 Å². The molecule has 0 aromatic carbocycles. The fraction of sp³-hybridized carbons (Fsp3) is 0.600. The standard InChI is InChI=1S/C10H16N4O/c1-7-9(14-6-13-7)5-12-10(15)8-3-2-4-11-8/h6,8,11H,2-5H2,1H3,(H,12,15)(H,13,14). The smallest absolute Gasteiger partial charge is 0.237 e. The zero-order valence-electron chi connectivity index (χ0n) is 8.84. The number of carbonyl (C=O) groups excluding carboxylic acids is 1. The Hall–Kier alpha value is -1.36. The quantitative estimate of drug-likeness (QED) is 0.659. The number of imidazole rings is 1. The highest BCUT2D eigenvalue weighted by atomic mass is 16.2. The van der Waals surface area contributed by atoms with Crippen molar-refractivity contribution >= 4 is 5.91 Å². The van der Waals surface area contributed by atoms with Crippen LogP contribution in [0.3, 0.4) is 0 Å². The molecule has 2 heterocycles. The van der Waals surface area contributed by atoms with Crippen LogP contribution in [0.25, 0.3) is 0 Å². The molecule has 82 valence electrons. The van der Waals surface area contributed by atoms with Crippen LogP contribution in [0.2, 0.25) is 0 Å². The Balaban J connectivity index is 1.83. The van der Waals surface area contributed by atoms with Crippen molar-refractivity contribution in [3.63, 3.8) is 0 Å². The Kier molecular flexibility index (Phi) is 3.01. The molecule has 1 amide bonds. The van der Waals surface area contributed by atoms with Crippen LogP contribution in [0, 0.1) is 6.92 Å². The highest BCUT2D eigenvalue weighted by Gasteiger charge is 2.21. The number of aromatic nitrogens is 2. The van der Waals surface area contributed by atoms with Gasteiger partial charge in [-0.05, 0) is 26.3 Å². The van der Waals surface area contributed by atoms with E-state index in [4.69, 9.17) is 0 Å². The number of hydrogen-bond donors (Lipinski definition) is 3. The molecule has 2 rings (SSSR count). The van der Waals surface area contributed by atoms with Gasteiger partial charge in [0.15, 0.2) is 0 Å². The van der Waals surface area contributed by atoms with E-state index < -0.39 is 0 Å². The first-order valence-electron chi connectivity index (χ1n) is 5.27. The summed E-state index contributed by atoms with van der Waals surface area (Å²) in [5, 5.41) is 6.04. The molecule has 1 aliphatic heterocycles. The SMILES string of the molecule is Cc1[nH]cnc1CNC(=O)C1CCCN1. The van der Waals surface area contributed by atoms with Crippen LogP contribution in [-0.2, 0) is 11.3 Å². The fourth-order valence-electron chi connectivity index (χ4n) is 1.77. The molecule has 5 nitrogen and oxygen atoms in total. The predicted octanol–water partition coefficient (Wildman–Crippen LogP) is 0.0863. The molecule has 1 saturated heterocycles. The van der Waals surface area contributed by atoms with Crippen LogP contribution in [0.15, 0.2) is 6.33 Å². The molecule has 0 bridgehead atoms. The van der Waals surface area contributed by atoms with Crippen molar-refractivity contribution in [1.29, 1.82) is 0 Å². The predicted molar refractivity (Wildman–Crippen MR) is 56.2 cm³/mol. The summed E-state index contributed by atoms with van der Waals surface area (Å²) in [7, 11) is 0. The minimum absolute atomic E-state index is 0.00996. The second-order valence-corrected chi connectivity index (χ2v) is 3.84. The van der Waals surface area contributed by atoms with Crippen molar-refractivity contribution in [2.24, 2.45) is 0 Å². The lowest BCUT2D eigenvalue weighted by Gasteiger charge is -2.10. The van der Waals surface area contributed by atoms with Gasteiger partial charge < -0.3 is 15.6 Å². The van der Waals surface area contributed by atoms with Crippen LogP contribution in [0.4, 0.5) is 0 Å². The number of aromatic amines is 1. The first kappa shape index (κ1) is 10.2. The van der Waals surface area contributed by atoms with Crippen molar-refractivity contribution in [3.8, 4) is 0 Å². The molecule has 5 heteroatoms. The molecule has 0 saturated carbocycles. The molecule has 0 radical (unpaired) electrons. The van der Waals surface area contributed by atoms with Crippen LogP contribution >= 0.6 is 0 Å². The third kappa shape index (κ3) is 2.36. The van der Waals surface area contributed by atoms with Gasteiger partial charge in [-0.3, -0.25) is 4.79 Å². The molecule has 1 aliphatic rings. The number of amides is 1. The van der Waals surface area contributed by atoms with E-state index in [9.17, 15) is 4.79 Å². The molecular weight excluding hydrogens is 192 g/mol. The zero-order valence-corrected chi connectivity index (χ0v) is 8.84. The van der Waals surface area contributed by atoms with Crippen molar-refractivity contribution in [1.82, 2.24) is 20.6 Å². The first-order chi connectivity index (χ1) is 7.27. The van der Waals surface area contributed by atoms with Crippen LogP contribution in [0.5, 0.6) is 0 Å². The molecule has 1 atom stereocenters. The van der Waals surface area contributed by atoms with E-state index >= 15 is 0 Å². The third-order valence-electron chi connectivity index (χ3n) is 2.74. The van der Waals surface area contributed by atoms with Crippen molar-refractivity contribution in [2.75, 3.05) is 6.54 Å². The monoisotopic (exact) mass is 208 g/mol. The zero-order chi connectivity index (χ0) is 10.7. The van der Waals surface area contributed by atoms with Gasteiger partial charge in [-0.2, -0.15) is 0 Å². The number of nitrogens with one attached hydrogen (secondary N) is 3. The van der Waals surface area contributed by atoms with Crippen LogP contribution in [0.1, 0.15) is 24.2 Å². The normalized spacial score (nSPS) is 20.5. The van der Waals surface area contributed by atoms with Gasteiger partial charge in [-0.25, -0.2) is 4.98 Å². The number of rotatable bonds is 3. The Morgan fingerprint density at radius 2 is 2.60 bits per heavy atom. The molecule has 0 aliphatic carbocycles. The number of H-pyrrole nitrogens is 1. The van der Waals surface area contributed by atoms with E-state index in [0.29, 0.717) is 6.54 Å². The van der Waals surface area contributed by atoms with Gasteiger partial charge in [-0.15, -0.1) is 0 Å². The first-order valence-corrected chi connectivity index (χ1v) is 5.27. The van der Waals surface area contributed by atoms with E-state index in [2.05, 4.69) is 20.6 Å². The number of carbonyl (C=O) groups is 1. The summed E-state index contributed by atoms with van der Waals surface area (Å²) in [5.41, 5.74) is 1.91. The fourth-order valence-corrected chi connectivity index (χ4v) is 1.77. The number of nitrogens with zero attached hydrogens (tertiary/aromatic N) is 1. The topological polar surface area (TPSA) is 69.8 Å². The molecule has 1 fully saturated rings. The van der Waals surface area contributed by atoms with Gasteiger partial charge >= 0.3 is 0 Å². The lowest BCUT2D eigenvalue weighted by atomic mass is 10.2. The molecule has 0 spiro atoms. The Labute approximate surface area is 88.7 Å². The molecule has 1 unspecified atom stereocenters. The summed E-state index contributed by atoms with van der Waals surface area (Å²) in [6, 6.07) is -0.00996. The Bertz CT molecular complexity index is 341. The summed E-state index contributed by atoms with van der Waals surface area (Å²) < 4.78 is 0. The lowest BCUT2D eigenvalue weighted by molar-refractivity contribution is -0.122. The van der Waals surface area contributed by atoms with Crippen molar-refractivity contribution < 1.29 is 4.79 Å². The van der Waals surface area contributed by atoms with Gasteiger partial charge in [0.25, 0.3) is 0 Å². The molecular formula is C10H16N4O. The van der Waals surface area contributed by atoms with Crippen molar-refractivity contribution in [3.05, 3.63) is 17.7 Å². The maximum absolute atomic E-state index is 11.6. The van der Waals surface area contributed by atoms with Crippen LogP contribution in [-0.4, -0.2) is 28.5 Å². The molecule has 3 N–H and O–H groups in total. The molecule has 1 aromatic rings. The maximum atomic E-state index is 11.6. The van der Waals surface area contributed by atoms with E-state index in [1.807, 2.05) is 6.92 Å². The third-order valence-corrected chi connectivity index (χ3v) is 2.74. The second kappa shape index (κ2) is 4.44. The number of hydrogen-bond acceptors (Lipinski definition) is 3. The molecule has 15 heavy (non-hydrogen) atoms. The van der Waals surface area contributed by atoms with E-state index in [0.717, 1.165) is 30.8 Å². The minimum Gasteiger partial charge on any atom is -0.349 e. The van der Waals surface area contributed by atoms with Gasteiger partial charge in [0.1, 0.15) is 0 Å². The van der Waals surface area contributed by atoms with Crippen molar-refractivity contribution in [2.45, 2.75) is 32.4 Å². The Morgan fingerprint density at radius 1 is 1.73 bits per heavy atom. The highest BCUT2D eigenvalue weighted by molar-refractivity contribution is 5.81. The van der Waals surface area contributed by atoms with E-state index in [-0.39, 0.29) is 11.9 Å². The summed E-state index contributed by atoms with van der Waals surface area (Å²) in [6.07, 6.45) is 3.66. The highest BCUT2D eigenvalue weighted by Crippen LogP contribution is 2.05. The average Bonchev–Trinajstić information content (AvgIpc) is 2.85. The summed E-state index contributed by atoms with van der Waals surface area (Å²) >= 11 is 0. The van der Waals surface area contributed by atoms with Gasteiger partial charge in [0.05, 0.1) is 24.6 Å². The van der Waals surface area contributed by atoms with Gasteiger partial charge in [-0.1, -0.05) is 0 Å². The number of aryl methyl sites for hydroxylation is 1.